The van der Waals surface area contributed by atoms with Crippen molar-refractivity contribution in [2.75, 3.05) is 11.9 Å². The molecule has 2 N–H and O–H groups in total. The Morgan fingerprint density at radius 3 is 2.37 bits per heavy atom. The number of nitrogens with one attached hydrogen (secondary N) is 1. The summed E-state index contributed by atoms with van der Waals surface area (Å²) in [5.74, 6) is -1.05. The number of rotatable bonds is 8. The zero-order chi connectivity index (χ0) is 20.0. The van der Waals surface area contributed by atoms with Crippen LogP contribution < -0.4 is 10.1 Å². The molecule has 0 radical (unpaired) electrons. The maximum absolute atomic E-state index is 12.2. The van der Waals surface area contributed by atoms with E-state index < -0.39 is 27.7 Å². The van der Waals surface area contributed by atoms with Crippen LogP contribution in [0.4, 0.5) is 5.69 Å². The van der Waals surface area contributed by atoms with Crippen molar-refractivity contribution in [3.63, 3.8) is 0 Å². The number of anilines is 1. The van der Waals surface area contributed by atoms with E-state index in [1.165, 1.54) is 18.2 Å². The molecule has 0 fully saturated rings. The fourth-order valence-corrected chi connectivity index (χ4v) is 3.33. The molecule has 0 heterocycles. The largest absolute Gasteiger partial charge is 0.482 e. The second-order valence-electron chi connectivity index (χ2n) is 6.17. The Morgan fingerprint density at radius 1 is 1.11 bits per heavy atom. The average molecular weight is 391 g/mol. The van der Waals surface area contributed by atoms with E-state index in [2.05, 4.69) is 5.32 Å². The summed E-state index contributed by atoms with van der Waals surface area (Å²) in [6, 6.07) is 12.6. The first-order valence-corrected chi connectivity index (χ1v) is 9.80. The second-order valence-corrected chi connectivity index (χ2v) is 8.68. The average Bonchev–Trinajstić information content (AvgIpc) is 2.60. The van der Waals surface area contributed by atoms with Gasteiger partial charge in [-0.25, -0.2) is 13.2 Å². The summed E-state index contributed by atoms with van der Waals surface area (Å²) in [6.07, 6.45) is 0.0716. The van der Waals surface area contributed by atoms with Crippen LogP contribution in [0.1, 0.15) is 19.4 Å². The third-order valence-electron chi connectivity index (χ3n) is 3.72. The monoisotopic (exact) mass is 391 g/mol. The number of carbonyl (C=O) groups is 2. The lowest BCUT2D eigenvalue weighted by molar-refractivity contribution is -0.139. The molecule has 2 rings (SSSR count). The summed E-state index contributed by atoms with van der Waals surface area (Å²) in [5.41, 5.74) is 1.15. The Labute approximate surface area is 157 Å². The van der Waals surface area contributed by atoms with Crippen molar-refractivity contribution in [2.24, 2.45) is 0 Å². The molecule has 0 spiro atoms. The van der Waals surface area contributed by atoms with Gasteiger partial charge in [-0.3, -0.25) is 4.79 Å². The molecule has 0 aliphatic carbocycles. The Balaban J connectivity index is 2.00. The van der Waals surface area contributed by atoms with E-state index in [-0.39, 0.29) is 17.2 Å². The predicted octanol–water partition coefficient (Wildman–Crippen LogP) is 2.51. The standard InChI is InChI=1S/C19H21NO6S/c1-13(2)27(24,25)17-8-6-14(7-9-17)10-18(21)20-15-4-3-5-16(11-15)26-12-19(22)23/h3-9,11,13H,10,12H2,1-2H3,(H,20,21)(H,22,23). The normalized spacial score (nSPS) is 11.2. The summed E-state index contributed by atoms with van der Waals surface area (Å²) < 4.78 is 29.3. The zero-order valence-electron chi connectivity index (χ0n) is 15.0. The first-order valence-electron chi connectivity index (χ1n) is 8.26. The summed E-state index contributed by atoms with van der Waals surface area (Å²) in [6.45, 7) is 2.76. The number of sulfone groups is 1. The van der Waals surface area contributed by atoms with Gasteiger partial charge >= 0.3 is 5.97 Å². The van der Waals surface area contributed by atoms with E-state index in [1.54, 1.807) is 44.2 Å². The molecule has 0 unspecified atom stereocenters. The number of aliphatic carboxylic acids is 1. The maximum atomic E-state index is 12.2. The van der Waals surface area contributed by atoms with Crippen molar-refractivity contribution in [2.45, 2.75) is 30.4 Å². The van der Waals surface area contributed by atoms with Crippen molar-refractivity contribution in [3.05, 3.63) is 54.1 Å². The van der Waals surface area contributed by atoms with Crippen LogP contribution in [0.3, 0.4) is 0 Å². The molecule has 0 aliphatic rings. The summed E-state index contributed by atoms with van der Waals surface area (Å²) in [7, 11) is -3.34. The third-order valence-corrected chi connectivity index (χ3v) is 5.89. The highest BCUT2D eigenvalue weighted by Crippen LogP contribution is 2.19. The van der Waals surface area contributed by atoms with Gasteiger partial charge in [-0.15, -0.1) is 0 Å². The van der Waals surface area contributed by atoms with Gasteiger partial charge in [0.1, 0.15) is 5.75 Å². The van der Waals surface area contributed by atoms with Crippen molar-refractivity contribution in [3.8, 4) is 5.75 Å². The molecule has 0 saturated heterocycles. The van der Waals surface area contributed by atoms with Crippen molar-refractivity contribution in [1.29, 1.82) is 0 Å². The summed E-state index contributed by atoms with van der Waals surface area (Å²) in [5, 5.41) is 10.8. The SMILES string of the molecule is CC(C)S(=O)(=O)c1ccc(CC(=O)Nc2cccc(OCC(=O)O)c2)cc1. The van der Waals surface area contributed by atoms with Gasteiger partial charge < -0.3 is 15.2 Å². The van der Waals surface area contributed by atoms with Crippen LogP contribution in [-0.2, 0) is 25.8 Å². The molecule has 1 amide bonds. The molecule has 27 heavy (non-hydrogen) atoms. The molecule has 2 aromatic rings. The van der Waals surface area contributed by atoms with Crippen LogP contribution in [0, 0.1) is 0 Å². The minimum Gasteiger partial charge on any atom is -0.482 e. The van der Waals surface area contributed by atoms with Gasteiger partial charge in [0.2, 0.25) is 5.91 Å². The topological polar surface area (TPSA) is 110 Å². The molecule has 0 aromatic heterocycles. The number of carbonyl (C=O) groups excluding carboxylic acids is 1. The van der Waals surface area contributed by atoms with Crippen molar-refractivity contribution < 1.29 is 27.9 Å². The quantitative estimate of drug-likeness (QED) is 0.715. The molecular weight excluding hydrogens is 370 g/mol. The van der Waals surface area contributed by atoms with Crippen LogP contribution in [0.5, 0.6) is 5.75 Å². The highest BCUT2D eigenvalue weighted by molar-refractivity contribution is 7.92. The lowest BCUT2D eigenvalue weighted by Gasteiger charge is -2.10. The van der Waals surface area contributed by atoms with E-state index in [4.69, 9.17) is 9.84 Å². The van der Waals surface area contributed by atoms with Crippen LogP contribution in [0.25, 0.3) is 0 Å². The van der Waals surface area contributed by atoms with Crippen LogP contribution in [-0.4, -0.2) is 37.3 Å². The smallest absolute Gasteiger partial charge is 0.341 e. The fourth-order valence-electron chi connectivity index (χ4n) is 2.27. The molecule has 0 aliphatic heterocycles. The lowest BCUT2D eigenvalue weighted by Crippen LogP contribution is -2.16. The molecule has 8 heteroatoms. The summed E-state index contributed by atoms with van der Waals surface area (Å²) in [4.78, 5) is 22.9. The summed E-state index contributed by atoms with van der Waals surface area (Å²) >= 11 is 0. The third kappa shape index (κ3) is 5.82. The second kappa shape index (κ2) is 8.68. The Hall–Kier alpha value is -2.87. The van der Waals surface area contributed by atoms with Gasteiger partial charge in [-0.2, -0.15) is 0 Å². The highest BCUT2D eigenvalue weighted by Gasteiger charge is 2.18. The van der Waals surface area contributed by atoms with Crippen LogP contribution >= 0.6 is 0 Å². The minimum atomic E-state index is -3.34. The van der Waals surface area contributed by atoms with E-state index in [0.717, 1.165) is 0 Å². The van der Waals surface area contributed by atoms with E-state index in [0.29, 0.717) is 17.0 Å². The molecule has 2 aromatic carbocycles. The predicted molar refractivity (Wildman–Crippen MR) is 101 cm³/mol. The van der Waals surface area contributed by atoms with Gasteiger partial charge in [0.25, 0.3) is 0 Å². The van der Waals surface area contributed by atoms with Crippen LogP contribution in [0.15, 0.2) is 53.4 Å². The van der Waals surface area contributed by atoms with Gasteiger partial charge in [-0.05, 0) is 43.7 Å². The van der Waals surface area contributed by atoms with E-state index in [9.17, 15) is 18.0 Å². The molecule has 7 nitrogen and oxygen atoms in total. The van der Waals surface area contributed by atoms with Crippen LogP contribution in [0.2, 0.25) is 0 Å². The number of carboxylic acids is 1. The Kier molecular flexibility index (Phi) is 6.57. The molecule has 0 atom stereocenters. The minimum absolute atomic E-state index is 0.0716. The Morgan fingerprint density at radius 2 is 1.78 bits per heavy atom. The number of benzene rings is 2. The maximum Gasteiger partial charge on any atom is 0.341 e. The Bertz CT molecular complexity index is 919. The first-order chi connectivity index (χ1) is 12.7. The van der Waals surface area contributed by atoms with E-state index >= 15 is 0 Å². The molecular formula is C19H21NO6S. The first kappa shape index (κ1) is 20.4. The lowest BCUT2D eigenvalue weighted by atomic mass is 10.1. The number of hydrogen-bond acceptors (Lipinski definition) is 5. The highest BCUT2D eigenvalue weighted by atomic mass is 32.2. The fraction of sp³-hybridized carbons (Fsp3) is 0.263. The number of amides is 1. The zero-order valence-corrected chi connectivity index (χ0v) is 15.8. The molecule has 144 valence electrons. The van der Waals surface area contributed by atoms with E-state index in [1.807, 2.05) is 0 Å². The molecule has 0 bridgehead atoms. The number of carboxylic acid groups (broad SMARTS) is 1. The van der Waals surface area contributed by atoms with Gasteiger partial charge in [0.05, 0.1) is 16.6 Å². The number of ether oxygens (including phenoxy) is 1. The van der Waals surface area contributed by atoms with Crippen molar-refractivity contribution >= 4 is 27.4 Å². The number of hydrogen-bond donors (Lipinski definition) is 2. The van der Waals surface area contributed by atoms with Gasteiger partial charge in [-0.1, -0.05) is 18.2 Å². The van der Waals surface area contributed by atoms with Gasteiger partial charge in [0, 0.05) is 11.8 Å². The van der Waals surface area contributed by atoms with Crippen molar-refractivity contribution in [1.82, 2.24) is 0 Å². The molecule has 0 saturated carbocycles. The van der Waals surface area contributed by atoms with Gasteiger partial charge in [0.15, 0.2) is 16.4 Å².